The van der Waals surface area contributed by atoms with Gasteiger partial charge >= 0.3 is 0 Å². The molecule has 1 aliphatic rings. The lowest BCUT2D eigenvalue weighted by Gasteiger charge is -2.43. The molecule has 1 fully saturated rings. The van der Waals surface area contributed by atoms with E-state index in [1.165, 1.54) is 0 Å². The first-order valence-electron chi connectivity index (χ1n) is 6.39. The zero-order chi connectivity index (χ0) is 14.2. The van der Waals surface area contributed by atoms with Crippen molar-refractivity contribution >= 4 is 23.2 Å². The molecule has 6 heteroatoms. The van der Waals surface area contributed by atoms with Gasteiger partial charge in [0, 0.05) is 5.38 Å². The lowest BCUT2D eigenvalue weighted by Crippen LogP contribution is -2.67. The topological polar surface area (TPSA) is 62.3 Å². The predicted molar refractivity (Wildman–Crippen MR) is 73.7 cm³/mol. The standard InChI is InChI=1S/C13H19N3O2S/c1-5-10-11(17)16(13(3,4)12(18)15-10)6-9-7-19-8(2)14-9/h7,10H,5-6H2,1-4H3,(H,15,18). The summed E-state index contributed by atoms with van der Waals surface area (Å²) in [5.41, 5.74) is 0.00812. The molecule has 2 rings (SSSR count). The van der Waals surface area contributed by atoms with E-state index in [9.17, 15) is 9.59 Å². The third-order valence-corrected chi connectivity index (χ3v) is 4.32. The zero-order valence-electron chi connectivity index (χ0n) is 11.7. The maximum atomic E-state index is 12.4. The molecule has 2 amide bonds. The van der Waals surface area contributed by atoms with Gasteiger partial charge in [0.25, 0.3) is 0 Å². The van der Waals surface area contributed by atoms with E-state index in [0.717, 1.165) is 10.7 Å². The smallest absolute Gasteiger partial charge is 0.246 e. The van der Waals surface area contributed by atoms with Crippen LogP contribution in [-0.2, 0) is 16.1 Å². The number of piperazine rings is 1. The van der Waals surface area contributed by atoms with Crippen molar-refractivity contribution in [3.63, 3.8) is 0 Å². The van der Waals surface area contributed by atoms with Crippen LogP contribution in [0.3, 0.4) is 0 Å². The third-order valence-electron chi connectivity index (χ3n) is 3.49. The molecule has 1 atom stereocenters. The quantitative estimate of drug-likeness (QED) is 0.912. The Morgan fingerprint density at radius 3 is 2.68 bits per heavy atom. The minimum atomic E-state index is -0.833. The largest absolute Gasteiger partial charge is 0.342 e. The first kappa shape index (κ1) is 14.0. The second-order valence-electron chi connectivity index (χ2n) is 5.28. The van der Waals surface area contributed by atoms with E-state index in [1.54, 1.807) is 30.1 Å². The first-order valence-corrected chi connectivity index (χ1v) is 7.27. The molecular weight excluding hydrogens is 262 g/mol. The van der Waals surface area contributed by atoms with Crippen LogP contribution in [0.15, 0.2) is 5.38 Å². The fourth-order valence-corrected chi connectivity index (χ4v) is 2.78. The molecule has 0 spiro atoms. The molecule has 1 aromatic heterocycles. The molecule has 1 saturated heterocycles. The van der Waals surface area contributed by atoms with E-state index in [1.807, 2.05) is 19.2 Å². The van der Waals surface area contributed by atoms with Crippen molar-refractivity contribution in [3.8, 4) is 0 Å². The van der Waals surface area contributed by atoms with Crippen LogP contribution in [-0.4, -0.2) is 33.3 Å². The number of hydrogen-bond donors (Lipinski definition) is 1. The third kappa shape index (κ3) is 2.49. The fourth-order valence-electron chi connectivity index (χ4n) is 2.18. The van der Waals surface area contributed by atoms with Crippen molar-refractivity contribution in [1.82, 2.24) is 15.2 Å². The van der Waals surface area contributed by atoms with Gasteiger partial charge in [-0.05, 0) is 27.2 Å². The summed E-state index contributed by atoms with van der Waals surface area (Å²) in [5.74, 6) is -0.136. The van der Waals surface area contributed by atoms with Crippen LogP contribution < -0.4 is 5.32 Å². The van der Waals surface area contributed by atoms with Crippen LogP contribution in [0.1, 0.15) is 37.9 Å². The summed E-state index contributed by atoms with van der Waals surface area (Å²) in [6.07, 6.45) is 0.604. The Labute approximate surface area is 117 Å². The molecule has 1 aliphatic heterocycles. The molecule has 5 nitrogen and oxygen atoms in total. The van der Waals surface area contributed by atoms with Gasteiger partial charge in [0.2, 0.25) is 11.8 Å². The Hall–Kier alpha value is -1.43. The molecule has 0 aromatic carbocycles. The molecule has 0 aliphatic carbocycles. The highest BCUT2D eigenvalue weighted by atomic mass is 32.1. The van der Waals surface area contributed by atoms with Gasteiger partial charge in [-0.15, -0.1) is 11.3 Å². The van der Waals surface area contributed by atoms with Crippen LogP contribution in [0.25, 0.3) is 0 Å². The van der Waals surface area contributed by atoms with Crippen molar-refractivity contribution in [2.75, 3.05) is 0 Å². The number of amides is 2. The Morgan fingerprint density at radius 2 is 2.16 bits per heavy atom. The van der Waals surface area contributed by atoms with Gasteiger partial charge in [-0.3, -0.25) is 9.59 Å². The predicted octanol–water partition coefficient (Wildman–Crippen LogP) is 1.47. The van der Waals surface area contributed by atoms with Crippen LogP contribution in [0.5, 0.6) is 0 Å². The van der Waals surface area contributed by atoms with Gasteiger partial charge in [0.05, 0.1) is 17.2 Å². The normalized spacial score (nSPS) is 22.5. The summed E-state index contributed by atoms with van der Waals surface area (Å²) in [6, 6.07) is -0.416. The lowest BCUT2D eigenvalue weighted by atomic mass is 9.94. The Kier molecular flexibility index (Phi) is 3.62. The second-order valence-corrected chi connectivity index (χ2v) is 6.34. The van der Waals surface area contributed by atoms with Crippen molar-refractivity contribution in [2.24, 2.45) is 0 Å². The number of carbonyl (C=O) groups excluding carboxylic acids is 2. The van der Waals surface area contributed by atoms with Crippen LogP contribution >= 0.6 is 11.3 Å². The van der Waals surface area contributed by atoms with Gasteiger partial charge in [-0.1, -0.05) is 6.92 Å². The monoisotopic (exact) mass is 281 g/mol. The van der Waals surface area contributed by atoms with Crippen LogP contribution in [0.2, 0.25) is 0 Å². The lowest BCUT2D eigenvalue weighted by molar-refractivity contribution is -0.156. The summed E-state index contributed by atoms with van der Waals surface area (Å²) < 4.78 is 0. The zero-order valence-corrected chi connectivity index (χ0v) is 12.5. The van der Waals surface area contributed by atoms with E-state index in [2.05, 4.69) is 10.3 Å². The van der Waals surface area contributed by atoms with E-state index < -0.39 is 11.6 Å². The molecule has 0 bridgehead atoms. The summed E-state index contributed by atoms with van der Waals surface area (Å²) in [7, 11) is 0. The number of rotatable bonds is 3. The van der Waals surface area contributed by atoms with E-state index in [0.29, 0.717) is 13.0 Å². The van der Waals surface area contributed by atoms with Gasteiger partial charge < -0.3 is 10.2 Å². The minimum Gasteiger partial charge on any atom is -0.342 e. The average Bonchev–Trinajstić information content (AvgIpc) is 2.75. The molecular formula is C13H19N3O2S. The first-order chi connectivity index (χ1) is 8.86. The molecule has 2 heterocycles. The molecule has 0 radical (unpaired) electrons. The van der Waals surface area contributed by atoms with Crippen molar-refractivity contribution < 1.29 is 9.59 Å². The molecule has 1 aromatic rings. The minimum absolute atomic E-state index is 0.0299. The summed E-state index contributed by atoms with van der Waals surface area (Å²) in [6.45, 7) is 7.75. The molecule has 19 heavy (non-hydrogen) atoms. The maximum Gasteiger partial charge on any atom is 0.246 e. The van der Waals surface area contributed by atoms with Gasteiger partial charge in [-0.25, -0.2) is 4.98 Å². The Morgan fingerprint density at radius 1 is 1.47 bits per heavy atom. The van der Waals surface area contributed by atoms with Crippen LogP contribution in [0.4, 0.5) is 0 Å². The van der Waals surface area contributed by atoms with Gasteiger partial charge in [-0.2, -0.15) is 0 Å². The summed E-state index contributed by atoms with van der Waals surface area (Å²) >= 11 is 1.55. The highest BCUT2D eigenvalue weighted by molar-refractivity contribution is 7.09. The molecule has 1 unspecified atom stereocenters. The fraction of sp³-hybridized carbons (Fsp3) is 0.615. The second kappa shape index (κ2) is 4.92. The molecule has 1 N–H and O–H groups in total. The van der Waals surface area contributed by atoms with Crippen LogP contribution in [0, 0.1) is 6.92 Å². The number of nitrogens with one attached hydrogen (secondary N) is 1. The van der Waals surface area contributed by atoms with E-state index in [4.69, 9.17) is 0 Å². The number of thiazole rings is 1. The highest BCUT2D eigenvalue weighted by Crippen LogP contribution is 2.24. The average molecular weight is 281 g/mol. The Balaban J connectivity index is 2.27. The SMILES string of the molecule is CCC1NC(=O)C(C)(C)N(Cc2csc(C)n2)C1=O. The molecule has 0 saturated carbocycles. The number of nitrogens with zero attached hydrogens (tertiary/aromatic N) is 2. The van der Waals surface area contributed by atoms with Crippen molar-refractivity contribution in [3.05, 3.63) is 16.1 Å². The molecule has 104 valence electrons. The Bertz CT molecular complexity index is 510. The van der Waals surface area contributed by atoms with Crippen molar-refractivity contribution in [2.45, 2.75) is 52.2 Å². The van der Waals surface area contributed by atoms with Gasteiger partial charge in [0.15, 0.2) is 0 Å². The number of carbonyl (C=O) groups is 2. The number of hydrogen-bond acceptors (Lipinski definition) is 4. The summed E-state index contributed by atoms with van der Waals surface area (Å²) in [4.78, 5) is 30.5. The highest BCUT2D eigenvalue weighted by Gasteiger charge is 2.45. The number of aromatic nitrogens is 1. The van der Waals surface area contributed by atoms with Crippen molar-refractivity contribution in [1.29, 1.82) is 0 Å². The van der Waals surface area contributed by atoms with Gasteiger partial charge in [0.1, 0.15) is 11.6 Å². The number of aryl methyl sites for hydroxylation is 1. The van der Waals surface area contributed by atoms with E-state index >= 15 is 0 Å². The summed E-state index contributed by atoms with van der Waals surface area (Å²) in [5, 5.41) is 5.68. The van der Waals surface area contributed by atoms with E-state index in [-0.39, 0.29) is 11.8 Å². The maximum absolute atomic E-state index is 12.4.